The van der Waals surface area contributed by atoms with Crippen LogP contribution >= 0.6 is 0 Å². The van der Waals surface area contributed by atoms with Crippen LogP contribution in [0, 0.1) is 5.92 Å². The molecule has 2 aromatic rings. The molecule has 1 aromatic heterocycles. The minimum atomic E-state index is -0.307. The topological polar surface area (TPSA) is 107 Å². The predicted octanol–water partition coefficient (Wildman–Crippen LogP) is 2.50. The fraction of sp³-hybridized carbons (Fsp3) is 0.500. The Bertz CT molecular complexity index is 987. The van der Waals surface area contributed by atoms with Gasteiger partial charge in [0.05, 0.1) is 19.1 Å². The van der Waals surface area contributed by atoms with E-state index < -0.39 is 0 Å². The molecular weight excluding hydrogens is 446 g/mol. The molecule has 1 unspecified atom stereocenters. The highest BCUT2D eigenvalue weighted by Gasteiger charge is 2.31. The Morgan fingerprint density at radius 1 is 1.31 bits per heavy atom. The summed E-state index contributed by atoms with van der Waals surface area (Å²) in [7, 11) is 2.04. The van der Waals surface area contributed by atoms with Crippen molar-refractivity contribution in [3.63, 3.8) is 0 Å². The van der Waals surface area contributed by atoms with Crippen molar-refractivity contribution in [1.29, 1.82) is 0 Å². The minimum absolute atomic E-state index is 0.0203. The summed E-state index contributed by atoms with van der Waals surface area (Å²) in [5, 5.41) is 15.3. The van der Waals surface area contributed by atoms with E-state index in [1.165, 1.54) is 0 Å². The Morgan fingerprint density at radius 3 is 2.74 bits per heavy atom. The number of aliphatic hydroxyl groups excluding tert-OH is 1. The van der Waals surface area contributed by atoms with E-state index in [4.69, 9.17) is 4.74 Å². The zero-order valence-corrected chi connectivity index (χ0v) is 21.0. The molecule has 0 fully saturated rings. The maximum atomic E-state index is 13.3. The third-order valence-corrected chi connectivity index (χ3v) is 6.21. The highest BCUT2D eigenvalue weighted by atomic mass is 16.5. The van der Waals surface area contributed by atoms with E-state index >= 15 is 0 Å². The molecule has 3 amide bonds. The molecule has 0 aliphatic carbocycles. The molecule has 1 aliphatic rings. The summed E-state index contributed by atoms with van der Waals surface area (Å²) in [6.45, 7) is 8.04. The van der Waals surface area contributed by atoms with Gasteiger partial charge in [0, 0.05) is 55.7 Å². The van der Waals surface area contributed by atoms with Gasteiger partial charge in [0.25, 0.3) is 0 Å². The molecular formula is C26H37N5O4. The van der Waals surface area contributed by atoms with Crippen LogP contribution in [0.15, 0.2) is 42.7 Å². The van der Waals surface area contributed by atoms with Gasteiger partial charge in [-0.15, -0.1) is 0 Å². The average Bonchev–Trinajstić information content (AvgIpc) is 2.87. The molecule has 1 aliphatic heterocycles. The number of rotatable bonds is 8. The van der Waals surface area contributed by atoms with E-state index in [-0.39, 0.29) is 43.0 Å². The van der Waals surface area contributed by atoms with Gasteiger partial charge in [0.15, 0.2) is 0 Å². The number of pyridine rings is 1. The van der Waals surface area contributed by atoms with E-state index in [9.17, 15) is 14.7 Å². The summed E-state index contributed by atoms with van der Waals surface area (Å²) in [5.74, 6) is 0.573. The molecule has 190 valence electrons. The maximum Gasteiger partial charge on any atom is 0.319 e. The zero-order chi connectivity index (χ0) is 25.4. The van der Waals surface area contributed by atoms with Crippen LogP contribution in [0.2, 0.25) is 0 Å². The van der Waals surface area contributed by atoms with Crippen molar-refractivity contribution in [2.75, 3.05) is 38.6 Å². The molecule has 9 nitrogen and oxygen atoms in total. The normalized spacial score (nSPS) is 19.1. The smallest absolute Gasteiger partial charge is 0.319 e. The highest BCUT2D eigenvalue weighted by Crippen LogP contribution is 2.29. The van der Waals surface area contributed by atoms with Crippen LogP contribution in [0.4, 0.5) is 10.5 Å². The second kappa shape index (κ2) is 12.5. The number of nitrogens with one attached hydrogen (secondary N) is 2. The summed E-state index contributed by atoms with van der Waals surface area (Å²) < 4.78 is 6.53. The first kappa shape index (κ1) is 26.4. The number of hydrogen-bond acceptors (Lipinski definition) is 6. The molecule has 3 atom stereocenters. The van der Waals surface area contributed by atoms with Gasteiger partial charge in [-0.05, 0) is 56.8 Å². The van der Waals surface area contributed by atoms with E-state index in [1.54, 1.807) is 29.4 Å². The predicted molar refractivity (Wildman–Crippen MR) is 135 cm³/mol. The second-order valence-corrected chi connectivity index (χ2v) is 9.25. The van der Waals surface area contributed by atoms with Crippen LogP contribution < -0.4 is 15.4 Å². The maximum absolute atomic E-state index is 13.3. The van der Waals surface area contributed by atoms with Gasteiger partial charge in [-0.25, -0.2) is 4.79 Å². The number of carbonyl (C=O) groups excluding carboxylic acids is 2. The molecule has 3 N–H and O–H groups in total. The quantitative estimate of drug-likeness (QED) is 0.533. The van der Waals surface area contributed by atoms with Crippen LogP contribution in [0.3, 0.4) is 0 Å². The lowest BCUT2D eigenvalue weighted by Gasteiger charge is -2.34. The van der Waals surface area contributed by atoms with Crippen LogP contribution in [-0.4, -0.2) is 77.3 Å². The third-order valence-electron chi connectivity index (χ3n) is 6.21. The Labute approximate surface area is 207 Å². The van der Waals surface area contributed by atoms with E-state index in [0.29, 0.717) is 36.6 Å². The van der Waals surface area contributed by atoms with Crippen LogP contribution in [-0.2, 0) is 17.8 Å². The van der Waals surface area contributed by atoms with Gasteiger partial charge in [-0.2, -0.15) is 0 Å². The number of hydrogen-bond donors (Lipinski definition) is 3. The van der Waals surface area contributed by atoms with Crippen LogP contribution in [0.5, 0.6) is 5.75 Å². The number of anilines is 1. The highest BCUT2D eigenvalue weighted by molar-refractivity contribution is 5.89. The lowest BCUT2D eigenvalue weighted by Crippen LogP contribution is -2.47. The largest absolute Gasteiger partial charge is 0.488 e. The van der Waals surface area contributed by atoms with E-state index in [2.05, 4.69) is 27.4 Å². The van der Waals surface area contributed by atoms with Crippen molar-refractivity contribution >= 4 is 17.6 Å². The summed E-state index contributed by atoms with van der Waals surface area (Å²) in [6.07, 6.45) is 3.49. The van der Waals surface area contributed by atoms with Crippen LogP contribution in [0.1, 0.15) is 31.9 Å². The van der Waals surface area contributed by atoms with Crippen molar-refractivity contribution < 1.29 is 19.4 Å². The molecule has 0 radical (unpaired) electrons. The number of urea groups is 1. The molecule has 0 spiro atoms. The van der Waals surface area contributed by atoms with Crippen molar-refractivity contribution in [3.05, 3.63) is 53.9 Å². The van der Waals surface area contributed by atoms with Gasteiger partial charge >= 0.3 is 6.03 Å². The number of amides is 3. The van der Waals surface area contributed by atoms with Gasteiger partial charge in [0.1, 0.15) is 11.9 Å². The number of fused-ring (bicyclic) bond motifs is 1. The summed E-state index contributed by atoms with van der Waals surface area (Å²) >= 11 is 0. The van der Waals surface area contributed by atoms with Gasteiger partial charge in [-0.3, -0.25) is 14.7 Å². The number of aromatic nitrogens is 1. The number of likely N-dealkylation sites (N-methyl/N-ethyl adjacent to an activating group) is 1. The summed E-state index contributed by atoms with van der Waals surface area (Å²) in [4.78, 5) is 33.3. The lowest BCUT2D eigenvalue weighted by molar-refractivity contribution is -0.134. The number of nitrogens with zero attached hydrogens (tertiary/aromatic N) is 3. The van der Waals surface area contributed by atoms with Crippen molar-refractivity contribution in [3.8, 4) is 5.75 Å². The molecule has 2 heterocycles. The Hall–Kier alpha value is -3.17. The van der Waals surface area contributed by atoms with Crippen molar-refractivity contribution in [1.82, 2.24) is 20.1 Å². The summed E-state index contributed by atoms with van der Waals surface area (Å²) in [5.41, 5.74) is 2.45. The third kappa shape index (κ3) is 7.40. The molecule has 9 heteroatoms. The first-order valence-corrected chi connectivity index (χ1v) is 12.1. The first-order valence-electron chi connectivity index (χ1n) is 12.1. The monoisotopic (exact) mass is 483 g/mol. The number of ether oxygens (including phenoxy) is 1. The van der Waals surface area contributed by atoms with Gasteiger partial charge in [-0.1, -0.05) is 6.92 Å². The minimum Gasteiger partial charge on any atom is -0.488 e. The van der Waals surface area contributed by atoms with E-state index in [0.717, 1.165) is 12.1 Å². The molecule has 0 saturated carbocycles. The average molecular weight is 484 g/mol. The molecule has 3 rings (SSSR count). The van der Waals surface area contributed by atoms with E-state index in [1.807, 2.05) is 39.1 Å². The first-order chi connectivity index (χ1) is 16.8. The Kier molecular flexibility index (Phi) is 9.45. The molecule has 0 bridgehead atoms. The number of benzene rings is 1. The Balaban J connectivity index is 1.88. The Morgan fingerprint density at radius 2 is 2.06 bits per heavy atom. The SMILES string of the molecule is CCNC(=O)Nc1ccc2c(c1)CC(=O)N(C(C)CO)C[C@@H](C)[C@H](CN(C)Cc1ccncc1)O2. The second-order valence-electron chi connectivity index (χ2n) is 9.25. The molecule has 0 saturated heterocycles. The summed E-state index contributed by atoms with van der Waals surface area (Å²) in [6, 6.07) is 8.77. The molecule has 1 aromatic carbocycles. The standard InChI is InChI=1S/C26H37N5O4/c1-5-28-26(34)29-22-6-7-23-21(12-22)13-25(33)31(19(3)17-32)14-18(2)24(35-23)16-30(4)15-20-8-10-27-11-9-20/h6-12,18-19,24,32H,5,13-17H2,1-4H3,(H2,28,29,34)/t18-,19?,24+/m1/s1. The van der Waals surface area contributed by atoms with Gasteiger partial charge < -0.3 is 25.4 Å². The lowest BCUT2D eigenvalue weighted by atomic mass is 10.0. The fourth-order valence-electron chi connectivity index (χ4n) is 4.23. The fourth-order valence-corrected chi connectivity index (χ4v) is 4.23. The van der Waals surface area contributed by atoms with Crippen molar-refractivity contribution in [2.24, 2.45) is 5.92 Å². The van der Waals surface area contributed by atoms with Gasteiger partial charge in [0.2, 0.25) is 5.91 Å². The zero-order valence-electron chi connectivity index (χ0n) is 21.0. The number of aliphatic hydroxyl groups is 1. The number of carbonyl (C=O) groups is 2. The molecule has 35 heavy (non-hydrogen) atoms. The van der Waals surface area contributed by atoms with Crippen molar-refractivity contribution in [2.45, 2.75) is 45.9 Å². The van der Waals surface area contributed by atoms with Crippen LogP contribution in [0.25, 0.3) is 0 Å².